The quantitative estimate of drug-likeness (QED) is 0.492. The van der Waals surface area contributed by atoms with Gasteiger partial charge in [0.15, 0.2) is 0 Å². The number of hydrogen-bond acceptors (Lipinski definition) is 0. The average molecular weight is 284 g/mol. The molecule has 0 heterocycles. The fraction of sp³-hybridized carbons (Fsp3) is 0.0909. The summed E-state index contributed by atoms with van der Waals surface area (Å²) in [6.45, 7) is 7.74. The molecule has 0 atom stereocenters. The summed E-state index contributed by atoms with van der Waals surface area (Å²) in [7, 11) is 0. The molecular formula is C22H20. The summed E-state index contributed by atoms with van der Waals surface area (Å²) in [6, 6.07) is 20.4. The van der Waals surface area contributed by atoms with Crippen LogP contribution in [0.1, 0.15) is 24.0 Å². The van der Waals surface area contributed by atoms with Crippen LogP contribution in [0.2, 0.25) is 0 Å². The Balaban J connectivity index is 2.47. The van der Waals surface area contributed by atoms with Crippen molar-refractivity contribution in [2.24, 2.45) is 0 Å². The van der Waals surface area contributed by atoms with Gasteiger partial charge in [0.05, 0.1) is 0 Å². The van der Waals surface area contributed by atoms with Crippen molar-refractivity contribution in [2.45, 2.75) is 12.8 Å². The first-order valence-corrected chi connectivity index (χ1v) is 7.41. The summed E-state index contributed by atoms with van der Waals surface area (Å²) >= 11 is 0. The summed E-state index contributed by atoms with van der Waals surface area (Å²) in [5.74, 6) is 6.58. The van der Waals surface area contributed by atoms with E-state index >= 15 is 0 Å². The molecule has 2 rings (SSSR count). The lowest BCUT2D eigenvalue weighted by Gasteiger charge is -2.09. The van der Waals surface area contributed by atoms with Crippen LogP contribution in [0.3, 0.4) is 0 Å². The fourth-order valence-corrected chi connectivity index (χ4v) is 2.26. The summed E-state index contributed by atoms with van der Waals surface area (Å²) in [5, 5.41) is 0. The van der Waals surface area contributed by atoms with Crippen molar-refractivity contribution in [3.8, 4) is 11.8 Å². The summed E-state index contributed by atoms with van der Waals surface area (Å²) in [5.41, 5.74) is 4.54. The highest BCUT2D eigenvalue weighted by Crippen LogP contribution is 2.24. The van der Waals surface area contributed by atoms with E-state index < -0.39 is 0 Å². The fourth-order valence-electron chi connectivity index (χ4n) is 2.26. The molecule has 0 aliphatic rings. The first kappa shape index (κ1) is 15.6. The molecule has 0 saturated heterocycles. The van der Waals surface area contributed by atoms with E-state index in [1.807, 2.05) is 48.6 Å². The van der Waals surface area contributed by atoms with E-state index in [1.165, 1.54) is 11.1 Å². The molecule has 2 aromatic carbocycles. The lowest BCUT2D eigenvalue weighted by Crippen LogP contribution is -1.90. The highest BCUT2D eigenvalue weighted by atomic mass is 14.1. The second kappa shape index (κ2) is 8.49. The van der Waals surface area contributed by atoms with Crippen LogP contribution in [0.4, 0.5) is 0 Å². The molecule has 0 bridgehead atoms. The molecule has 0 radical (unpaired) electrons. The van der Waals surface area contributed by atoms with E-state index in [0.29, 0.717) is 0 Å². The Hall–Kier alpha value is -2.78. The first-order valence-electron chi connectivity index (χ1n) is 7.41. The number of hydrogen-bond donors (Lipinski definition) is 0. The maximum absolute atomic E-state index is 3.88. The largest absolute Gasteiger partial charge is 0.103 e. The molecule has 0 saturated carbocycles. The third kappa shape index (κ3) is 4.36. The second-order valence-corrected chi connectivity index (χ2v) is 4.92. The van der Waals surface area contributed by atoms with Crippen LogP contribution in [-0.2, 0) is 0 Å². The Bertz CT molecular complexity index is 707. The van der Waals surface area contributed by atoms with E-state index in [2.05, 4.69) is 49.3 Å². The van der Waals surface area contributed by atoms with Gasteiger partial charge in [0.2, 0.25) is 0 Å². The molecule has 0 amide bonds. The Kier molecular flexibility index (Phi) is 6.03. The summed E-state index contributed by atoms with van der Waals surface area (Å²) < 4.78 is 0. The van der Waals surface area contributed by atoms with Crippen LogP contribution in [0, 0.1) is 11.8 Å². The van der Waals surface area contributed by atoms with Gasteiger partial charge in [-0.1, -0.05) is 72.5 Å². The lowest BCUT2D eigenvalue weighted by molar-refractivity contribution is 1.26. The molecule has 0 aliphatic heterocycles. The predicted octanol–water partition coefficient (Wildman–Crippen LogP) is 5.64. The van der Waals surface area contributed by atoms with Crippen LogP contribution in [-0.4, -0.2) is 0 Å². The van der Waals surface area contributed by atoms with Crippen molar-refractivity contribution in [3.63, 3.8) is 0 Å². The Morgan fingerprint density at radius 3 is 2.00 bits per heavy atom. The van der Waals surface area contributed by atoms with E-state index in [9.17, 15) is 0 Å². The second-order valence-electron chi connectivity index (χ2n) is 4.92. The highest BCUT2D eigenvalue weighted by molar-refractivity contribution is 5.74. The van der Waals surface area contributed by atoms with Gasteiger partial charge < -0.3 is 0 Å². The van der Waals surface area contributed by atoms with Gasteiger partial charge in [0, 0.05) is 11.1 Å². The molecular weight excluding hydrogens is 264 g/mol. The Morgan fingerprint density at radius 1 is 0.818 bits per heavy atom. The number of allylic oxidation sites excluding steroid dienone is 4. The van der Waals surface area contributed by atoms with Crippen LogP contribution in [0.5, 0.6) is 0 Å². The monoisotopic (exact) mass is 284 g/mol. The zero-order valence-electron chi connectivity index (χ0n) is 12.8. The SMILES string of the molecule is C=CC/C(C#Cc1ccccc1)=C(/CC=C)c1ccccc1. The van der Waals surface area contributed by atoms with Crippen molar-refractivity contribution in [1.82, 2.24) is 0 Å². The molecule has 0 heteroatoms. The van der Waals surface area contributed by atoms with Crippen molar-refractivity contribution >= 4 is 5.57 Å². The third-order valence-electron chi connectivity index (χ3n) is 3.31. The van der Waals surface area contributed by atoms with Crippen molar-refractivity contribution in [3.05, 3.63) is 103 Å². The Labute approximate surface area is 133 Å². The standard InChI is InChI=1S/C22H20/c1-3-11-20(18-17-19-13-7-5-8-14-19)22(12-4-2)21-15-9-6-10-16-21/h3-10,13-16H,1-2,11-12H2/b22-20+. The molecule has 108 valence electrons. The minimum absolute atomic E-state index is 0.762. The zero-order chi connectivity index (χ0) is 15.6. The van der Waals surface area contributed by atoms with Gasteiger partial charge in [0.25, 0.3) is 0 Å². The molecule has 0 N–H and O–H groups in total. The molecule has 0 spiro atoms. The highest BCUT2D eigenvalue weighted by Gasteiger charge is 2.05. The van der Waals surface area contributed by atoms with E-state index in [1.54, 1.807) is 0 Å². The maximum atomic E-state index is 3.88. The smallest absolute Gasteiger partial charge is 0.0248 e. The molecule has 0 unspecified atom stereocenters. The van der Waals surface area contributed by atoms with Crippen LogP contribution in [0.25, 0.3) is 5.57 Å². The molecule has 0 aromatic heterocycles. The van der Waals surface area contributed by atoms with Crippen molar-refractivity contribution in [1.29, 1.82) is 0 Å². The third-order valence-corrected chi connectivity index (χ3v) is 3.31. The van der Waals surface area contributed by atoms with Gasteiger partial charge in [0.1, 0.15) is 0 Å². The number of benzene rings is 2. The first-order chi connectivity index (χ1) is 10.8. The van der Waals surface area contributed by atoms with Gasteiger partial charge in [-0.2, -0.15) is 0 Å². The number of rotatable bonds is 5. The lowest BCUT2D eigenvalue weighted by atomic mass is 9.95. The van der Waals surface area contributed by atoms with Gasteiger partial charge in [-0.15, -0.1) is 13.2 Å². The van der Waals surface area contributed by atoms with Crippen molar-refractivity contribution in [2.75, 3.05) is 0 Å². The van der Waals surface area contributed by atoms with E-state index in [0.717, 1.165) is 24.0 Å². The zero-order valence-corrected chi connectivity index (χ0v) is 12.8. The molecule has 22 heavy (non-hydrogen) atoms. The molecule has 0 fully saturated rings. The van der Waals surface area contributed by atoms with Crippen molar-refractivity contribution < 1.29 is 0 Å². The van der Waals surface area contributed by atoms with E-state index in [-0.39, 0.29) is 0 Å². The average Bonchev–Trinajstić information content (AvgIpc) is 2.58. The Morgan fingerprint density at radius 2 is 1.41 bits per heavy atom. The van der Waals surface area contributed by atoms with Crippen LogP contribution >= 0.6 is 0 Å². The van der Waals surface area contributed by atoms with Gasteiger partial charge in [-0.3, -0.25) is 0 Å². The van der Waals surface area contributed by atoms with Gasteiger partial charge in [-0.25, -0.2) is 0 Å². The summed E-state index contributed by atoms with van der Waals surface area (Å²) in [4.78, 5) is 0. The maximum Gasteiger partial charge on any atom is 0.0248 e. The predicted molar refractivity (Wildman–Crippen MR) is 96.3 cm³/mol. The van der Waals surface area contributed by atoms with E-state index in [4.69, 9.17) is 0 Å². The van der Waals surface area contributed by atoms with Gasteiger partial charge in [-0.05, 0) is 36.1 Å². The van der Waals surface area contributed by atoms with Crippen LogP contribution in [0.15, 0.2) is 91.5 Å². The normalized spacial score (nSPS) is 10.9. The minimum Gasteiger partial charge on any atom is -0.103 e. The minimum atomic E-state index is 0.762. The van der Waals surface area contributed by atoms with Crippen LogP contribution < -0.4 is 0 Å². The molecule has 0 aliphatic carbocycles. The molecule has 0 nitrogen and oxygen atoms in total. The van der Waals surface area contributed by atoms with Gasteiger partial charge >= 0.3 is 0 Å². The summed E-state index contributed by atoms with van der Waals surface area (Å²) in [6.07, 6.45) is 5.39. The topological polar surface area (TPSA) is 0 Å². The molecule has 2 aromatic rings.